The maximum absolute atomic E-state index is 13.0. The summed E-state index contributed by atoms with van der Waals surface area (Å²) in [7, 11) is 0. The smallest absolute Gasteiger partial charge is 0.416 e. The molecule has 1 aromatic rings. The molecule has 0 aromatic heterocycles. The highest BCUT2D eigenvalue weighted by Crippen LogP contribution is 2.42. The fourth-order valence-electron chi connectivity index (χ4n) is 5.64. The van der Waals surface area contributed by atoms with Gasteiger partial charge in [-0.1, -0.05) is 12.1 Å². The lowest BCUT2D eigenvalue weighted by atomic mass is 9.71. The van der Waals surface area contributed by atoms with Crippen molar-refractivity contribution in [3.63, 3.8) is 0 Å². The van der Waals surface area contributed by atoms with Crippen LogP contribution in [0.5, 0.6) is 0 Å². The van der Waals surface area contributed by atoms with Crippen molar-refractivity contribution in [3.8, 4) is 0 Å². The van der Waals surface area contributed by atoms with Gasteiger partial charge >= 0.3 is 12.3 Å². The molecule has 1 aromatic carbocycles. The molecule has 1 saturated carbocycles. The van der Waals surface area contributed by atoms with Crippen LogP contribution in [0.25, 0.3) is 0 Å². The first-order valence-electron chi connectivity index (χ1n) is 11.9. The molecule has 3 unspecified atom stereocenters. The Morgan fingerprint density at radius 1 is 1.00 bits per heavy atom. The van der Waals surface area contributed by atoms with E-state index >= 15 is 0 Å². The summed E-state index contributed by atoms with van der Waals surface area (Å²) in [6.45, 7) is 2.54. The molecule has 11 heteroatoms. The Kier molecular flexibility index (Phi) is 6.19. The summed E-state index contributed by atoms with van der Waals surface area (Å²) < 4.78 is 43.3. The number of alkyl halides is 3. The number of carbonyl (C=O) groups excluding carboxylic acids is 2. The van der Waals surface area contributed by atoms with Crippen molar-refractivity contribution in [3.05, 3.63) is 35.4 Å². The van der Waals surface area contributed by atoms with E-state index in [1.807, 2.05) is 4.90 Å². The Hall–Kier alpha value is -2.37. The van der Waals surface area contributed by atoms with Crippen LogP contribution < -0.4 is 16.4 Å². The highest BCUT2D eigenvalue weighted by Gasteiger charge is 2.49. The third kappa shape index (κ3) is 4.73. The van der Waals surface area contributed by atoms with Gasteiger partial charge in [-0.3, -0.25) is 4.79 Å². The molecular formula is C23H30F3N5O3. The van der Waals surface area contributed by atoms with Crippen molar-refractivity contribution in [2.24, 2.45) is 11.3 Å². The molecule has 1 spiro atoms. The molecule has 2 amide bonds. The van der Waals surface area contributed by atoms with Gasteiger partial charge in [0.25, 0.3) is 0 Å². The molecule has 5 rings (SSSR count). The molecule has 3 heterocycles. The molecule has 1 aliphatic carbocycles. The summed E-state index contributed by atoms with van der Waals surface area (Å²) in [6, 6.07) is 5.29. The second-order valence-corrected chi connectivity index (χ2v) is 10.1. The van der Waals surface area contributed by atoms with Crippen molar-refractivity contribution in [1.29, 1.82) is 0 Å². The van der Waals surface area contributed by atoms with Gasteiger partial charge in [-0.15, -0.1) is 0 Å². The van der Waals surface area contributed by atoms with E-state index in [1.165, 1.54) is 12.1 Å². The number of amides is 2. The lowest BCUT2D eigenvalue weighted by molar-refractivity contribution is -0.152. The average Bonchev–Trinajstić information content (AvgIpc) is 3.28. The number of rotatable bonds is 3. The molecular weight excluding hydrogens is 451 g/mol. The predicted molar refractivity (Wildman–Crippen MR) is 116 cm³/mol. The van der Waals surface area contributed by atoms with E-state index in [2.05, 4.69) is 16.4 Å². The van der Waals surface area contributed by atoms with E-state index in [1.54, 1.807) is 4.90 Å². The Morgan fingerprint density at radius 2 is 1.68 bits per heavy atom. The predicted octanol–water partition coefficient (Wildman–Crippen LogP) is 2.42. The quantitative estimate of drug-likeness (QED) is 0.615. The maximum atomic E-state index is 13.0. The summed E-state index contributed by atoms with van der Waals surface area (Å²) in [4.78, 5) is 29.0. The summed E-state index contributed by atoms with van der Waals surface area (Å²) in [6.07, 6.45) is -0.492. The zero-order chi connectivity index (χ0) is 23.9. The number of nitrogens with zero attached hydrogens (tertiary/aromatic N) is 2. The van der Waals surface area contributed by atoms with Gasteiger partial charge in [-0.05, 0) is 49.8 Å². The number of hydrazine groups is 2. The molecule has 34 heavy (non-hydrogen) atoms. The Morgan fingerprint density at radius 3 is 2.35 bits per heavy atom. The number of likely N-dealkylation sites (tertiary alicyclic amines) is 2. The highest BCUT2D eigenvalue weighted by molar-refractivity contribution is 5.80. The standard InChI is InChI=1S/C23H30F3N5O3/c24-23(25,26)17-4-1-15(2-5-17)12-34-21(33)30-9-7-22(8-10-30)13-31(14-22)20(32)16-3-6-18-19(11-16)28-29-27-18/h1-2,4-5,16,18-19,27-29H,3,6-14H2. The molecule has 8 nitrogen and oxygen atoms in total. The number of ether oxygens (including phenoxy) is 1. The van der Waals surface area contributed by atoms with Crippen molar-refractivity contribution >= 4 is 12.0 Å². The minimum Gasteiger partial charge on any atom is -0.445 e. The average molecular weight is 482 g/mol. The van der Waals surface area contributed by atoms with E-state index in [0.717, 1.165) is 57.3 Å². The van der Waals surface area contributed by atoms with Crippen LogP contribution in [0, 0.1) is 11.3 Å². The number of carbonyl (C=O) groups is 2. The van der Waals surface area contributed by atoms with Gasteiger partial charge in [0, 0.05) is 49.6 Å². The van der Waals surface area contributed by atoms with Crippen molar-refractivity contribution < 1.29 is 27.5 Å². The molecule has 186 valence electrons. The minimum absolute atomic E-state index is 0.0630. The van der Waals surface area contributed by atoms with Crippen LogP contribution >= 0.6 is 0 Å². The second kappa shape index (κ2) is 9.01. The molecule has 3 atom stereocenters. The zero-order valence-electron chi connectivity index (χ0n) is 18.9. The normalized spacial score (nSPS) is 28.4. The lowest BCUT2D eigenvalue weighted by Gasteiger charge is -2.54. The third-order valence-electron chi connectivity index (χ3n) is 7.80. The Bertz CT molecular complexity index is 909. The highest BCUT2D eigenvalue weighted by atomic mass is 19.4. The molecule has 3 saturated heterocycles. The lowest BCUT2D eigenvalue weighted by Crippen LogP contribution is -2.63. The van der Waals surface area contributed by atoms with Crippen LogP contribution in [-0.2, 0) is 22.3 Å². The summed E-state index contributed by atoms with van der Waals surface area (Å²) in [5.74, 6) is 0.309. The molecule has 0 bridgehead atoms. The molecule has 0 radical (unpaired) electrons. The zero-order valence-corrected chi connectivity index (χ0v) is 18.9. The summed E-state index contributed by atoms with van der Waals surface area (Å²) >= 11 is 0. The number of hydrogen-bond acceptors (Lipinski definition) is 6. The largest absolute Gasteiger partial charge is 0.445 e. The summed E-state index contributed by atoms with van der Waals surface area (Å²) in [5, 5.41) is 0. The first-order valence-corrected chi connectivity index (χ1v) is 11.9. The molecule has 4 fully saturated rings. The molecule has 4 aliphatic rings. The first kappa shape index (κ1) is 23.4. The van der Waals surface area contributed by atoms with E-state index in [9.17, 15) is 22.8 Å². The Labute approximate surface area is 196 Å². The van der Waals surface area contributed by atoms with Crippen LogP contribution in [0.1, 0.15) is 43.2 Å². The topological polar surface area (TPSA) is 85.9 Å². The van der Waals surface area contributed by atoms with Crippen molar-refractivity contribution in [1.82, 2.24) is 26.2 Å². The van der Waals surface area contributed by atoms with Crippen molar-refractivity contribution in [2.75, 3.05) is 26.2 Å². The van der Waals surface area contributed by atoms with Gasteiger partial charge in [0.1, 0.15) is 6.61 Å². The monoisotopic (exact) mass is 481 g/mol. The van der Waals surface area contributed by atoms with Crippen LogP contribution in [0.15, 0.2) is 24.3 Å². The molecule has 3 N–H and O–H groups in total. The van der Waals surface area contributed by atoms with Crippen LogP contribution in [0.3, 0.4) is 0 Å². The van der Waals surface area contributed by atoms with Gasteiger partial charge in [0.2, 0.25) is 5.91 Å². The number of fused-ring (bicyclic) bond motifs is 1. The van der Waals surface area contributed by atoms with Gasteiger partial charge in [0.05, 0.1) is 5.56 Å². The van der Waals surface area contributed by atoms with E-state index in [0.29, 0.717) is 24.7 Å². The third-order valence-corrected chi connectivity index (χ3v) is 7.80. The number of hydrogen-bond donors (Lipinski definition) is 3. The maximum Gasteiger partial charge on any atom is 0.416 e. The van der Waals surface area contributed by atoms with Gasteiger partial charge in [-0.2, -0.15) is 18.7 Å². The Balaban J connectivity index is 1.04. The van der Waals surface area contributed by atoms with Gasteiger partial charge < -0.3 is 14.5 Å². The van der Waals surface area contributed by atoms with Crippen LogP contribution in [0.2, 0.25) is 0 Å². The van der Waals surface area contributed by atoms with Gasteiger partial charge in [0.15, 0.2) is 0 Å². The molecule has 3 aliphatic heterocycles. The number of piperidine rings is 1. The second-order valence-electron chi connectivity index (χ2n) is 10.1. The minimum atomic E-state index is -4.39. The van der Waals surface area contributed by atoms with E-state index in [4.69, 9.17) is 4.74 Å². The SMILES string of the molecule is O=C(OCc1ccc(C(F)(F)F)cc1)N1CCC2(CC1)CN(C(=O)C1CCC3NNNC3C1)C2. The fraction of sp³-hybridized carbons (Fsp3) is 0.652. The first-order chi connectivity index (χ1) is 16.2. The number of benzene rings is 1. The summed E-state index contributed by atoms with van der Waals surface area (Å²) in [5.41, 5.74) is 9.20. The van der Waals surface area contributed by atoms with E-state index < -0.39 is 17.8 Å². The van der Waals surface area contributed by atoms with Crippen LogP contribution in [-0.4, -0.2) is 60.1 Å². The van der Waals surface area contributed by atoms with Crippen molar-refractivity contribution in [2.45, 2.75) is 57.0 Å². The number of halogens is 3. The fourth-order valence-corrected chi connectivity index (χ4v) is 5.64. The van der Waals surface area contributed by atoms with Crippen LogP contribution in [0.4, 0.5) is 18.0 Å². The van der Waals surface area contributed by atoms with E-state index in [-0.39, 0.29) is 29.9 Å². The number of nitrogens with one attached hydrogen (secondary N) is 3. The van der Waals surface area contributed by atoms with Gasteiger partial charge in [-0.25, -0.2) is 15.6 Å².